The number of anilines is 1. The SMILES string of the molecule is Cc1ccc(-c2cc(=O)[nH]c(NCc3cccc(Br)c3)n2)cc1. The first kappa shape index (κ1) is 15.5. The molecule has 2 N–H and O–H groups in total. The summed E-state index contributed by atoms with van der Waals surface area (Å²) in [7, 11) is 0. The van der Waals surface area contributed by atoms with Crippen LogP contribution in [0.25, 0.3) is 11.3 Å². The molecule has 0 unspecified atom stereocenters. The highest BCUT2D eigenvalue weighted by Crippen LogP contribution is 2.17. The third-order valence-electron chi connectivity index (χ3n) is 3.44. The number of aromatic nitrogens is 2. The van der Waals surface area contributed by atoms with Crippen LogP contribution in [-0.2, 0) is 6.54 Å². The zero-order valence-electron chi connectivity index (χ0n) is 12.6. The van der Waals surface area contributed by atoms with Gasteiger partial charge in [0.25, 0.3) is 5.56 Å². The highest BCUT2D eigenvalue weighted by Gasteiger charge is 2.04. The number of rotatable bonds is 4. The molecule has 0 spiro atoms. The maximum atomic E-state index is 11.9. The van der Waals surface area contributed by atoms with Gasteiger partial charge in [0, 0.05) is 22.6 Å². The number of H-pyrrole nitrogens is 1. The second-order valence-electron chi connectivity index (χ2n) is 5.33. The van der Waals surface area contributed by atoms with Gasteiger partial charge in [-0.05, 0) is 24.6 Å². The fourth-order valence-corrected chi connectivity index (χ4v) is 2.69. The van der Waals surface area contributed by atoms with Gasteiger partial charge in [-0.2, -0.15) is 0 Å². The largest absolute Gasteiger partial charge is 0.352 e. The maximum absolute atomic E-state index is 11.9. The van der Waals surface area contributed by atoms with Crippen LogP contribution in [0, 0.1) is 6.92 Å². The average Bonchev–Trinajstić information content (AvgIpc) is 2.53. The van der Waals surface area contributed by atoms with Crippen LogP contribution >= 0.6 is 15.9 Å². The number of hydrogen-bond donors (Lipinski definition) is 2. The molecule has 0 saturated carbocycles. The van der Waals surface area contributed by atoms with Crippen LogP contribution in [0.15, 0.2) is 63.9 Å². The Morgan fingerprint density at radius 3 is 2.65 bits per heavy atom. The normalized spacial score (nSPS) is 10.5. The van der Waals surface area contributed by atoms with Gasteiger partial charge in [-0.1, -0.05) is 57.9 Å². The summed E-state index contributed by atoms with van der Waals surface area (Å²) < 4.78 is 1.02. The lowest BCUT2D eigenvalue weighted by molar-refractivity contribution is 1.04. The maximum Gasteiger partial charge on any atom is 0.252 e. The molecule has 116 valence electrons. The monoisotopic (exact) mass is 369 g/mol. The number of nitrogens with one attached hydrogen (secondary N) is 2. The van der Waals surface area contributed by atoms with Crippen LogP contribution in [0.2, 0.25) is 0 Å². The number of benzene rings is 2. The Morgan fingerprint density at radius 1 is 1.13 bits per heavy atom. The topological polar surface area (TPSA) is 57.8 Å². The predicted octanol–water partition coefficient (Wildman–Crippen LogP) is 4.12. The smallest absolute Gasteiger partial charge is 0.252 e. The van der Waals surface area contributed by atoms with E-state index >= 15 is 0 Å². The minimum absolute atomic E-state index is 0.174. The van der Waals surface area contributed by atoms with Gasteiger partial charge in [0.2, 0.25) is 5.95 Å². The minimum atomic E-state index is -0.174. The van der Waals surface area contributed by atoms with Crippen molar-refractivity contribution in [3.63, 3.8) is 0 Å². The van der Waals surface area contributed by atoms with Crippen LogP contribution < -0.4 is 10.9 Å². The van der Waals surface area contributed by atoms with E-state index in [9.17, 15) is 4.79 Å². The summed E-state index contributed by atoms with van der Waals surface area (Å²) in [5.41, 5.74) is 3.68. The van der Waals surface area contributed by atoms with Crippen molar-refractivity contribution >= 4 is 21.9 Å². The first-order chi connectivity index (χ1) is 11.1. The van der Waals surface area contributed by atoms with Crippen LogP contribution in [0.1, 0.15) is 11.1 Å². The van der Waals surface area contributed by atoms with Crippen molar-refractivity contribution < 1.29 is 0 Å². The lowest BCUT2D eigenvalue weighted by Crippen LogP contribution is -2.12. The Bertz CT molecular complexity index is 872. The molecule has 4 nitrogen and oxygen atoms in total. The highest BCUT2D eigenvalue weighted by molar-refractivity contribution is 9.10. The second kappa shape index (κ2) is 6.79. The minimum Gasteiger partial charge on any atom is -0.352 e. The summed E-state index contributed by atoms with van der Waals surface area (Å²) in [5.74, 6) is 0.466. The van der Waals surface area contributed by atoms with Crippen molar-refractivity contribution in [2.45, 2.75) is 13.5 Å². The summed E-state index contributed by atoms with van der Waals surface area (Å²) in [4.78, 5) is 19.1. The summed E-state index contributed by atoms with van der Waals surface area (Å²) in [6.07, 6.45) is 0. The molecular weight excluding hydrogens is 354 g/mol. The van der Waals surface area contributed by atoms with Crippen LogP contribution in [0.4, 0.5) is 5.95 Å². The average molecular weight is 370 g/mol. The number of halogens is 1. The van der Waals surface area contributed by atoms with Gasteiger partial charge in [0.15, 0.2) is 0 Å². The van der Waals surface area contributed by atoms with Crippen molar-refractivity contribution in [2.75, 3.05) is 5.32 Å². The molecule has 2 aromatic carbocycles. The van der Waals surface area contributed by atoms with Crippen LogP contribution in [0.5, 0.6) is 0 Å². The molecule has 0 bridgehead atoms. The van der Waals surface area contributed by atoms with E-state index in [1.54, 1.807) is 0 Å². The Balaban J connectivity index is 1.83. The van der Waals surface area contributed by atoms with Crippen molar-refractivity contribution in [3.05, 3.63) is 80.6 Å². The first-order valence-corrected chi connectivity index (χ1v) is 8.06. The van der Waals surface area contributed by atoms with E-state index in [-0.39, 0.29) is 5.56 Å². The van der Waals surface area contributed by atoms with Crippen molar-refractivity contribution in [2.24, 2.45) is 0 Å². The lowest BCUT2D eigenvalue weighted by Gasteiger charge is -2.08. The zero-order chi connectivity index (χ0) is 16.2. The Hall–Kier alpha value is -2.40. The van der Waals surface area contributed by atoms with E-state index in [2.05, 4.69) is 31.2 Å². The van der Waals surface area contributed by atoms with E-state index in [4.69, 9.17) is 0 Å². The van der Waals surface area contributed by atoms with Crippen molar-refractivity contribution in [1.29, 1.82) is 0 Å². The molecule has 3 rings (SSSR count). The summed E-state index contributed by atoms with van der Waals surface area (Å²) in [5, 5.41) is 3.16. The molecule has 0 atom stereocenters. The van der Waals surface area contributed by atoms with Gasteiger partial charge in [0.05, 0.1) is 5.69 Å². The quantitative estimate of drug-likeness (QED) is 0.727. The van der Waals surface area contributed by atoms with Crippen LogP contribution in [0.3, 0.4) is 0 Å². The van der Waals surface area contributed by atoms with Crippen molar-refractivity contribution in [1.82, 2.24) is 9.97 Å². The molecule has 0 saturated heterocycles. The molecule has 0 amide bonds. The van der Waals surface area contributed by atoms with Gasteiger partial charge in [-0.15, -0.1) is 0 Å². The van der Waals surface area contributed by atoms with E-state index in [0.29, 0.717) is 18.2 Å². The third-order valence-corrected chi connectivity index (χ3v) is 3.93. The van der Waals surface area contributed by atoms with Gasteiger partial charge in [-0.3, -0.25) is 9.78 Å². The van der Waals surface area contributed by atoms with E-state index < -0.39 is 0 Å². The number of aromatic amines is 1. The molecule has 0 fully saturated rings. The van der Waals surface area contributed by atoms with Gasteiger partial charge in [-0.25, -0.2) is 4.98 Å². The number of aryl methyl sites for hydroxylation is 1. The van der Waals surface area contributed by atoms with Gasteiger partial charge in [0.1, 0.15) is 0 Å². The van der Waals surface area contributed by atoms with E-state index in [1.165, 1.54) is 11.6 Å². The Morgan fingerprint density at radius 2 is 1.91 bits per heavy atom. The van der Waals surface area contributed by atoms with Crippen LogP contribution in [-0.4, -0.2) is 9.97 Å². The standard InChI is InChI=1S/C18H16BrN3O/c1-12-5-7-14(8-6-12)16-10-17(23)22-18(21-16)20-11-13-3-2-4-15(19)9-13/h2-10H,11H2,1H3,(H2,20,21,22,23). The molecule has 3 aromatic rings. The Kier molecular flexibility index (Phi) is 4.57. The summed E-state index contributed by atoms with van der Waals surface area (Å²) in [6, 6.07) is 17.4. The molecule has 5 heteroatoms. The molecule has 0 radical (unpaired) electrons. The van der Waals surface area contributed by atoms with E-state index in [1.807, 2.05) is 55.5 Å². The second-order valence-corrected chi connectivity index (χ2v) is 6.24. The summed E-state index contributed by atoms with van der Waals surface area (Å²) >= 11 is 3.45. The Labute approximate surface area is 142 Å². The first-order valence-electron chi connectivity index (χ1n) is 7.27. The zero-order valence-corrected chi connectivity index (χ0v) is 14.2. The fourth-order valence-electron chi connectivity index (χ4n) is 2.25. The van der Waals surface area contributed by atoms with E-state index in [0.717, 1.165) is 15.6 Å². The predicted molar refractivity (Wildman–Crippen MR) is 96.5 cm³/mol. The number of hydrogen-bond acceptors (Lipinski definition) is 3. The third kappa shape index (κ3) is 4.07. The molecule has 0 aliphatic rings. The number of nitrogens with zero attached hydrogens (tertiary/aromatic N) is 1. The summed E-state index contributed by atoms with van der Waals surface area (Å²) in [6.45, 7) is 2.61. The molecule has 23 heavy (non-hydrogen) atoms. The molecule has 0 aliphatic carbocycles. The van der Waals surface area contributed by atoms with Crippen molar-refractivity contribution in [3.8, 4) is 11.3 Å². The highest BCUT2D eigenvalue weighted by atomic mass is 79.9. The fraction of sp³-hybridized carbons (Fsp3) is 0.111. The lowest BCUT2D eigenvalue weighted by atomic mass is 10.1. The molecule has 0 aliphatic heterocycles. The van der Waals surface area contributed by atoms with Gasteiger partial charge >= 0.3 is 0 Å². The van der Waals surface area contributed by atoms with Gasteiger partial charge < -0.3 is 5.32 Å². The molecule has 1 aromatic heterocycles. The molecular formula is C18H16BrN3O. The molecule has 1 heterocycles.